The van der Waals surface area contributed by atoms with Crippen LogP contribution < -0.4 is 9.47 Å². The fourth-order valence-corrected chi connectivity index (χ4v) is 1.95. The Morgan fingerprint density at radius 2 is 1.76 bits per heavy atom. The van der Waals surface area contributed by atoms with Gasteiger partial charge in [-0.15, -0.1) is 0 Å². The van der Waals surface area contributed by atoms with Crippen LogP contribution in [0.25, 0.3) is 10.9 Å². The summed E-state index contributed by atoms with van der Waals surface area (Å²) in [6, 6.07) is 5.73. The third kappa shape index (κ3) is 2.42. The summed E-state index contributed by atoms with van der Waals surface area (Å²) in [6.07, 6.45) is 1.83. The number of hydrogen-bond donors (Lipinski definition) is 1. The average molecular weight is 249 g/mol. The molecule has 0 atom stereocenters. The highest BCUT2D eigenvalue weighted by Crippen LogP contribution is 2.32. The van der Waals surface area contributed by atoms with Crippen LogP contribution in [0.15, 0.2) is 24.4 Å². The van der Waals surface area contributed by atoms with E-state index in [2.05, 4.69) is 4.98 Å². The van der Waals surface area contributed by atoms with Gasteiger partial charge in [-0.2, -0.15) is 0 Å². The number of benzene rings is 1. The van der Waals surface area contributed by atoms with E-state index < -0.39 is 0 Å². The van der Waals surface area contributed by atoms with Crippen LogP contribution >= 0.6 is 12.2 Å². The molecule has 0 radical (unpaired) electrons. The van der Waals surface area contributed by atoms with E-state index in [1.54, 1.807) is 0 Å². The molecule has 2 aromatic rings. The van der Waals surface area contributed by atoms with Crippen molar-refractivity contribution >= 4 is 23.1 Å². The fraction of sp³-hybridized carbons (Fsp3) is 0.308. The Kier molecular flexibility index (Phi) is 3.64. The molecule has 0 saturated heterocycles. The number of aromatic nitrogens is 1. The molecule has 1 aromatic heterocycles. The van der Waals surface area contributed by atoms with Crippen molar-refractivity contribution < 1.29 is 9.47 Å². The van der Waals surface area contributed by atoms with Gasteiger partial charge in [-0.1, -0.05) is 12.2 Å². The molecule has 4 heteroatoms. The number of H-pyrrole nitrogens is 1. The predicted molar refractivity (Wildman–Crippen MR) is 71.5 cm³/mol. The molecule has 90 valence electrons. The van der Waals surface area contributed by atoms with E-state index in [-0.39, 0.29) is 0 Å². The molecule has 0 spiro atoms. The lowest BCUT2D eigenvalue weighted by atomic mass is 10.2. The second kappa shape index (κ2) is 5.19. The molecule has 17 heavy (non-hydrogen) atoms. The maximum atomic E-state index is 5.57. The molecule has 2 rings (SSSR count). The van der Waals surface area contributed by atoms with Gasteiger partial charge in [0.25, 0.3) is 0 Å². The van der Waals surface area contributed by atoms with Gasteiger partial charge < -0.3 is 14.5 Å². The average Bonchev–Trinajstić information content (AvgIpc) is 2.32. The van der Waals surface area contributed by atoms with Crippen LogP contribution in [0.1, 0.15) is 13.8 Å². The largest absolute Gasteiger partial charge is 0.490 e. The van der Waals surface area contributed by atoms with Crippen LogP contribution in [0.5, 0.6) is 11.5 Å². The minimum Gasteiger partial charge on any atom is -0.490 e. The first-order chi connectivity index (χ1) is 8.26. The number of rotatable bonds is 4. The zero-order valence-electron chi connectivity index (χ0n) is 9.95. The molecule has 0 bridgehead atoms. The van der Waals surface area contributed by atoms with Crippen LogP contribution in [0.2, 0.25) is 0 Å². The monoisotopic (exact) mass is 249 g/mol. The summed E-state index contributed by atoms with van der Waals surface area (Å²) in [5.74, 6) is 1.49. The van der Waals surface area contributed by atoms with E-state index in [9.17, 15) is 0 Å². The molecule has 3 nitrogen and oxygen atoms in total. The summed E-state index contributed by atoms with van der Waals surface area (Å²) in [7, 11) is 0. The molecule has 0 fully saturated rings. The van der Waals surface area contributed by atoms with Crippen molar-refractivity contribution in [3.8, 4) is 11.5 Å². The molecular formula is C13H15NO2S. The Morgan fingerprint density at radius 1 is 1.12 bits per heavy atom. The van der Waals surface area contributed by atoms with E-state index in [0.717, 1.165) is 26.9 Å². The number of ether oxygens (including phenoxy) is 2. The topological polar surface area (TPSA) is 34.2 Å². The summed E-state index contributed by atoms with van der Waals surface area (Å²) in [6.45, 7) is 5.12. The van der Waals surface area contributed by atoms with Gasteiger partial charge in [0.15, 0.2) is 11.5 Å². The maximum Gasteiger partial charge on any atom is 0.163 e. The molecule has 0 aliphatic carbocycles. The van der Waals surface area contributed by atoms with Crippen LogP contribution in [0, 0.1) is 4.51 Å². The van der Waals surface area contributed by atoms with E-state index in [0.29, 0.717) is 13.2 Å². The molecule has 0 unspecified atom stereocenters. The predicted octanol–water partition coefficient (Wildman–Crippen LogP) is 3.69. The zero-order chi connectivity index (χ0) is 12.3. The van der Waals surface area contributed by atoms with Crippen LogP contribution in [-0.4, -0.2) is 18.2 Å². The van der Waals surface area contributed by atoms with Crippen molar-refractivity contribution in [2.45, 2.75) is 13.8 Å². The minimum absolute atomic E-state index is 0.606. The lowest BCUT2D eigenvalue weighted by molar-refractivity contribution is 0.288. The normalized spacial score (nSPS) is 10.5. The summed E-state index contributed by atoms with van der Waals surface area (Å²) >= 11 is 5.29. The van der Waals surface area contributed by atoms with Gasteiger partial charge in [0.1, 0.15) is 0 Å². The second-order valence-corrected chi connectivity index (χ2v) is 3.99. The lowest BCUT2D eigenvalue weighted by Crippen LogP contribution is -1.98. The summed E-state index contributed by atoms with van der Waals surface area (Å²) in [5.41, 5.74) is 0.962. The maximum absolute atomic E-state index is 5.57. The van der Waals surface area contributed by atoms with Crippen LogP contribution in [0.3, 0.4) is 0 Å². The van der Waals surface area contributed by atoms with Crippen molar-refractivity contribution in [2.75, 3.05) is 13.2 Å². The number of pyridine rings is 1. The molecule has 0 aliphatic rings. The Bertz CT molecular complexity index is 577. The number of fused-ring (bicyclic) bond motifs is 1. The quantitative estimate of drug-likeness (QED) is 0.839. The third-order valence-corrected chi connectivity index (χ3v) is 2.78. The molecule has 1 N–H and O–H groups in total. The van der Waals surface area contributed by atoms with Crippen LogP contribution in [-0.2, 0) is 0 Å². The van der Waals surface area contributed by atoms with Crippen molar-refractivity contribution in [3.63, 3.8) is 0 Å². The molecule has 0 saturated carbocycles. The first-order valence-corrected chi connectivity index (χ1v) is 6.08. The van der Waals surface area contributed by atoms with Crippen LogP contribution in [0.4, 0.5) is 0 Å². The van der Waals surface area contributed by atoms with Gasteiger partial charge in [0.2, 0.25) is 0 Å². The highest BCUT2D eigenvalue weighted by molar-refractivity contribution is 7.71. The Hall–Kier alpha value is -1.55. The molecule has 1 aromatic carbocycles. The molecule has 0 amide bonds. The summed E-state index contributed by atoms with van der Waals surface area (Å²) in [5, 5.41) is 0.981. The Morgan fingerprint density at radius 3 is 2.41 bits per heavy atom. The van der Waals surface area contributed by atoms with Crippen molar-refractivity contribution in [3.05, 3.63) is 28.9 Å². The SMILES string of the molecule is CCOc1cc2[nH]ccc(=S)c2cc1OCC. The number of nitrogens with one attached hydrogen (secondary N) is 1. The van der Waals surface area contributed by atoms with Crippen molar-refractivity contribution in [2.24, 2.45) is 0 Å². The summed E-state index contributed by atoms with van der Waals surface area (Å²) < 4.78 is 11.9. The van der Waals surface area contributed by atoms with Gasteiger partial charge in [0.05, 0.1) is 18.7 Å². The highest BCUT2D eigenvalue weighted by atomic mass is 32.1. The highest BCUT2D eigenvalue weighted by Gasteiger charge is 2.07. The van der Waals surface area contributed by atoms with E-state index in [1.165, 1.54) is 0 Å². The zero-order valence-corrected chi connectivity index (χ0v) is 10.8. The van der Waals surface area contributed by atoms with E-state index >= 15 is 0 Å². The first-order valence-electron chi connectivity index (χ1n) is 5.67. The van der Waals surface area contributed by atoms with Gasteiger partial charge >= 0.3 is 0 Å². The second-order valence-electron chi connectivity index (χ2n) is 3.55. The van der Waals surface area contributed by atoms with Gasteiger partial charge in [-0.3, -0.25) is 0 Å². The standard InChI is InChI=1S/C13H15NO2S/c1-3-15-11-7-9-10(8-12(11)16-4-2)14-6-5-13(9)17/h5-8H,3-4H2,1-2H3,(H,14,17). The Balaban J connectivity index is 2.63. The summed E-state index contributed by atoms with van der Waals surface area (Å²) in [4.78, 5) is 3.16. The molecule has 1 heterocycles. The van der Waals surface area contributed by atoms with Crippen molar-refractivity contribution in [1.29, 1.82) is 0 Å². The third-order valence-electron chi connectivity index (χ3n) is 2.42. The van der Waals surface area contributed by atoms with Gasteiger partial charge in [0, 0.05) is 22.2 Å². The minimum atomic E-state index is 0.606. The Labute approximate surface area is 105 Å². The first kappa shape index (κ1) is 11.9. The lowest BCUT2D eigenvalue weighted by Gasteiger charge is -2.12. The van der Waals surface area contributed by atoms with Crippen molar-refractivity contribution in [1.82, 2.24) is 4.98 Å². The van der Waals surface area contributed by atoms with E-state index in [4.69, 9.17) is 21.7 Å². The molecule has 0 aliphatic heterocycles. The van der Waals surface area contributed by atoms with E-state index in [1.807, 2.05) is 38.2 Å². The number of hydrogen-bond acceptors (Lipinski definition) is 3. The van der Waals surface area contributed by atoms with Gasteiger partial charge in [-0.25, -0.2) is 0 Å². The molecular weight excluding hydrogens is 234 g/mol. The number of aromatic amines is 1. The fourth-order valence-electron chi connectivity index (χ4n) is 1.72. The van der Waals surface area contributed by atoms with Gasteiger partial charge in [-0.05, 0) is 26.0 Å². The smallest absolute Gasteiger partial charge is 0.163 e.